The molecule has 198 valence electrons. The maximum absolute atomic E-state index is 14.7. The van der Waals surface area contributed by atoms with Gasteiger partial charge >= 0.3 is 0 Å². The van der Waals surface area contributed by atoms with Gasteiger partial charge in [0.1, 0.15) is 25.1 Å². The zero-order chi connectivity index (χ0) is 26.6. The van der Waals surface area contributed by atoms with Crippen LogP contribution in [0, 0.1) is 11.6 Å². The molecule has 5 rings (SSSR count). The van der Waals surface area contributed by atoms with Gasteiger partial charge in [0, 0.05) is 12.1 Å². The van der Waals surface area contributed by atoms with Gasteiger partial charge in [-0.15, -0.1) is 0 Å². The number of carbonyl (C=O) groups is 2. The molecule has 2 N–H and O–H groups in total. The van der Waals surface area contributed by atoms with Gasteiger partial charge in [0.25, 0.3) is 5.91 Å². The molecule has 0 radical (unpaired) electrons. The molecular weight excluding hydrogens is 494 g/mol. The third kappa shape index (κ3) is 5.69. The number of likely N-dealkylation sites (tertiary alicyclic amines) is 1. The number of hydrogen-bond acceptors (Lipinski definition) is 6. The molecule has 0 saturated carbocycles. The van der Waals surface area contributed by atoms with Gasteiger partial charge in [-0.05, 0) is 73.0 Å². The molecule has 9 heteroatoms. The number of Topliss-reactive ketones (excluding diaryl/α,β-unsaturated/α-hetero) is 1. The molecule has 0 spiro atoms. The summed E-state index contributed by atoms with van der Waals surface area (Å²) in [6, 6.07) is 14.1. The molecule has 0 aromatic heterocycles. The fourth-order valence-corrected chi connectivity index (χ4v) is 4.85. The van der Waals surface area contributed by atoms with Crippen molar-refractivity contribution in [2.45, 2.75) is 25.0 Å². The topological polar surface area (TPSA) is 88.1 Å². The Labute approximate surface area is 219 Å². The first-order chi connectivity index (χ1) is 18.4. The lowest BCUT2D eigenvalue weighted by Crippen LogP contribution is -2.48. The summed E-state index contributed by atoms with van der Waals surface area (Å²) in [7, 11) is 0. The third-order valence-electron chi connectivity index (χ3n) is 6.82. The molecule has 2 atom stereocenters. The minimum Gasteiger partial charge on any atom is -0.486 e. The maximum Gasteiger partial charge on any atom is 0.292 e. The van der Waals surface area contributed by atoms with Crippen molar-refractivity contribution >= 4 is 11.7 Å². The number of aliphatic hydroxyl groups is 1. The van der Waals surface area contributed by atoms with Gasteiger partial charge in [-0.2, -0.15) is 0 Å². The van der Waals surface area contributed by atoms with Crippen molar-refractivity contribution in [2.24, 2.45) is 0 Å². The average molecular weight is 523 g/mol. The molecule has 1 fully saturated rings. The van der Waals surface area contributed by atoms with E-state index in [1.807, 2.05) is 0 Å². The number of amides is 1. The Hall–Kier alpha value is -3.82. The number of benzene rings is 3. The van der Waals surface area contributed by atoms with Gasteiger partial charge < -0.3 is 24.8 Å². The van der Waals surface area contributed by atoms with Crippen molar-refractivity contribution in [3.8, 4) is 22.6 Å². The Kier molecular flexibility index (Phi) is 7.67. The highest BCUT2D eigenvalue weighted by atomic mass is 19.1. The van der Waals surface area contributed by atoms with Crippen LogP contribution in [0.25, 0.3) is 11.1 Å². The monoisotopic (exact) mass is 522 g/mol. The van der Waals surface area contributed by atoms with E-state index in [0.717, 1.165) is 32.0 Å². The van der Waals surface area contributed by atoms with Crippen LogP contribution < -0.4 is 14.8 Å². The van der Waals surface area contributed by atoms with Gasteiger partial charge in [-0.3, -0.25) is 9.59 Å². The summed E-state index contributed by atoms with van der Waals surface area (Å²) in [5.74, 6) is -2.53. The van der Waals surface area contributed by atoms with Crippen molar-refractivity contribution < 1.29 is 33.0 Å². The molecule has 3 aromatic carbocycles. The number of carbonyl (C=O) groups excluding carboxylic acids is 2. The molecule has 38 heavy (non-hydrogen) atoms. The number of ether oxygens (including phenoxy) is 2. The van der Waals surface area contributed by atoms with Gasteiger partial charge in [-0.25, -0.2) is 8.78 Å². The summed E-state index contributed by atoms with van der Waals surface area (Å²) < 4.78 is 38.8. The van der Waals surface area contributed by atoms with Crippen LogP contribution in [-0.2, 0) is 4.79 Å². The van der Waals surface area contributed by atoms with E-state index >= 15 is 0 Å². The quantitative estimate of drug-likeness (QED) is 0.345. The van der Waals surface area contributed by atoms with Crippen molar-refractivity contribution in [1.29, 1.82) is 0 Å². The molecule has 0 aliphatic carbocycles. The fourth-order valence-electron chi connectivity index (χ4n) is 4.85. The molecule has 1 saturated heterocycles. The predicted octanol–water partition coefficient (Wildman–Crippen LogP) is 3.90. The predicted molar refractivity (Wildman–Crippen MR) is 136 cm³/mol. The number of hydrogen-bond donors (Lipinski definition) is 2. The number of halogens is 2. The van der Waals surface area contributed by atoms with E-state index in [9.17, 15) is 23.5 Å². The Morgan fingerprint density at radius 1 is 0.947 bits per heavy atom. The normalized spacial score (nSPS) is 16.6. The summed E-state index contributed by atoms with van der Waals surface area (Å²) in [4.78, 5) is 28.3. The second-order valence-corrected chi connectivity index (χ2v) is 9.48. The van der Waals surface area contributed by atoms with Gasteiger partial charge in [0.05, 0.1) is 6.04 Å². The Morgan fingerprint density at radius 3 is 2.45 bits per heavy atom. The lowest BCUT2D eigenvalue weighted by atomic mass is 9.99. The van der Waals surface area contributed by atoms with E-state index in [-0.39, 0.29) is 48.2 Å². The van der Waals surface area contributed by atoms with Crippen LogP contribution in [0.1, 0.15) is 34.9 Å². The highest BCUT2D eigenvalue weighted by Gasteiger charge is 2.31. The number of nitrogens with one attached hydrogen (secondary N) is 1. The molecule has 1 amide bonds. The highest BCUT2D eigenvalue weighted by Crippen LogP contribution is 2.36. The summed E-state index contributed by atoms with van der Waals surface area (Å²) in [6.45, 7) is 2.35. The Bertz CT molecular complexity index is 1330. The van der Waals surface area contributed by atoms with Crippen LogP contribution in [0.15, 0.2) is 60.7 Å². The summed E-state index contributed by atoms with van der Waals surface area (Å²) in [6.07, 6.45) is 0.679. The van der Waals surface area contributed by atoms with Crippen LogP contribution in [-0.4, -0.2) is 60.6 Å². The first-order valence-corrected chi connectivity index (χ1v) is 12.6. The molecular formula is C29H28F2N2O5. The minimum atomic E-state index is -1.30. The lowest BCUT2D eigenvalue weighted by Gasteiger charge is -2.29. The SMILES string of the molecule is O=C(NC(CN1CCCC1)C(O)c1cc(F)c2c(c1)OCCO2)C(=O)c1cccc(-c2ccc(F)cc2)c1. The van der Waals surface area contributed by atoms with Crippen molar-refractivity contribution in [3.05, 3.63) is 83.4 Å². The van der Waals surface area contributed by atoms with E-state index in [0.29, 0.717) is 11.1 Å². The highest BCUT2D eigenvalue weighted by molar-refractivity contribution is 6.43. The molecule has 2 aliphatic heterocycles. The minimum absolute atomic E-state index is 0.0106. The Morgan fingerprint density at radius 2 is 1.68 bits per heavy atom. The van der Waals surface area contributed by atoms with Crippen molar-refractivity contribution in [3.63, 3.8) is 0 Å². The number of ketones is 1. The van der Waals surface area contributed by atoms with E-state index in [4.69, 9.17) is 9.47 Å². The molecule has 2 aliphatic rings. The number of aliphatic hydroxyl groups excluding tert-OH is 1. The van der Waals surface area contributed by atoms with Gasteiger partial charge in [-0.1, -0.05) is 30.3 Å². The summed E-state index contributed by atoms with van der Waals surface area (Å²) >= 11 is 0. The zero-order valence-corrected chi connectivity index (χ0v) is 20.7. The van der Waals surface area contributed by atoms with Crippen molar-refractivity contribution in [2.75, 3.05) is 32.8 Å². The van der Waals surface area contributed by atoms with Crippen LogP contribution in [0.3, 0.4) is 0 Å². The van der Waals surface area contributed by atoms with Gasteiger partial charge in [0.15, 0.2) is 17.3 Å². The second kappa shape index (κ2) is 11.3. The van der Waals surface area contributed by atoms with Gasteiger partial charge in [0.2, 0.25) is 5.78 Å². The molecule has 2 unspecified atom stereocenters. The van der Waals surface area contributed by atoms with E-state index in [2.05, 4.69) is 10.2 Å². The van der Waals surface area contributed by atoms with Crippen molar-refractivity contribution in [1.82, 2.24) is 10.2 Å². The first-order valence-electron chi connectivity index (χ1n) is 12.6. The van der Waals surface area contributed by atoms with Crippen LogP contribution in [0.5, 0.6) is 11.5 Å². The molecule has 3 aromatic rings. The standard InChI is InChI=1S/C29H28F2N2O5/c30-22-8-6-18(7-9-22)19-4-3-5-20(14-19)27(35)29(36)32-24(17-33-10-1-2-11-33)26(34)21-15-23(31)28-25(16-21)37-12-13-38-28/h3-9,14-16,24,26,34H,1-2,10-13,17H2,(H,32,36). The first kappa shape index (κ1) is 25.8. The Balaban J connectivity index is 1.37. The van der Waals surface area contributed by atoms with E-state index in [1.165, 1.54) is 24.3 Å². The fraction of sp³-hybridized carbons (Fsp3) is 0.310. The average Bonchev–Trinajstić information content (AvgIpc) is 3.45. The smallest absolute Gasteiger partial charge is 0.292 e. The summed E-state index contributed by atoms with van der Waals surface area (Å²) in [5, 5.41) is 13.9. The number of nitrogens with zero attached hydrogens (tertiary/aromatic N) is 1. The zero-order valence-electron chi connectivity index (χ0n) is 20.7. The maximum atomic E-state index is 14.7. The lowest BCUT2D eigenvalue weighted by molar-refractivity contribution is -0.118. The largest absolute Gasteiger partial charge is 0.486 e. The summed E-state index contributed by atoms with van der Waals surface area (Å²) in [5.41, 5.74) is 1.72. The van der Waals surface area contributed by atoms with Crippen LogP contribution >= 0.6 is 0 Å². The number of rotatable bonds is 8. The third-order valence-corrected chi connectivity index (χ3v) is 6.82. The van der Waals surface area contributed by atoms with E-state index < -0.39 is 29.7 Å². The van der Waals surface area contributed by atoms with Crippen LogP contribution in [0.4, 0.5) is 8.78 Å². The number of fused-ring (bicyclic) bond motifs is 1. The molecule has 2 heterocycles. The second-order valence-electron chi connectivity index (χ2n) is 9.48. The molecule has 7 nitrogen and oxygen atoms in total. The van der Waals surface area contributed by atoms with E-state index in [1.54, 1.807) is 30.3 Å². The molecule has 0 bridgehead atoms. The van der Waals surface area contributed by atoms with Crippen LogP contribution in [0.2, 0.25) is 0 Å².